The monoisotopic (exact) mass is 354 g/mol. The fourth-order valence-corrected chi connectivity index (χ4v) is 3.87. The van der Waals surface area contributed by atoms with E-state index >= 15 is 0 Å². The molecule has 4 heteroatoms. The summed E-state index contributed by atoms with van der Waals surface area (Å²) in [5.74, 6) is 0.595. The van der Waals surface area contributed by atoms with Crippen LogP contribution in [0.15, 0.2) is 47.9 Å². The highest BCUT2D eigenvalue weighted by Crippen LogP contribution is 2.20. The number of rotatable bonds is 6. The van der Waals surface area contributed by atoms with E-state index in [1.165, 1.54) is 10.4 Å². The Labute approximate surface area is 154 Å². The number of carbonyl (C=O) groups excluding carboxylic acids is 1. The summed E-state index contributed by atoms with van der Waals surface area (Å²) in [5, 5.41) is 5.19. The van der Waals surface area contributed by atoms with Crippen molar-refractivity contribution in [1.29, 1.82) is 0 Å². The van der Waals surface area contributed by atoms with Crippen LogP contribution in [0, 0.1) is 12.8 Å². The molecule has 0 aliphatic carbocycles. The third-order valence-electron chi connectivity index (χ3n) is 4.74. The molecule has 1 N–H and O–H groups in total. The summed E-state index contributed by atoms with van der Waals surface area (Å²) in [6.45, 7) is 6.15. The molecule has 3 nitrogen and oxygen atoms in total. The number of aryl methyl sites for hydroxylation is 1. The molecular formula is C21H26N2OS. The second kappa shape index (κ2) is 8.97. The number of benzene rings is 1. The predicted molar refractivity (Wildman–Crippen MR) is 106 cm³/mol. The zero-order valence-corrected chi connectivity index (χ0v) is 15.6. The number of hydrogen-bond donors (Lipinski definition) is 1. The number of amides is 1. The normalized spacial score (nSPS) is 16.4. The smallest absolute Gasteiger partial charge is 0.244 e. The molecular weight excluding hydrogens is 328 g/mol. The van der Waals surface area contributed by atoms with Gasteiger partial charge in [-0.1, -0.05) is 35.9 Å². The lowest BCUT2D eigenvalue weighted by molar-refractivity contribution is -0.116. The average Bonchev–Trinajstić information content (AvgIpc) is 3.14. The number of nitrogens with zero attached hydrogens (tertiary/aromatic N) is 1. The van der Waals surface area contributed by atoms with Crippen LogP contribution in [0.2, 0.25) is 0 Å². The van der Waals surface area contributed by atoms with E-state index in [0.717, 1.165) is 44.6 Å². The highest BCUT2D eigenvalue weighted by Gasteiger charge is 2.19. The fourth-order valence-electron chi connectivity index (χ4n) is 3.12. The topological polar surface area (TPSA) is 32.3 Å². The first-order valence-corrected chi connectivity index (χ1v) is 9.84. The molecule has 0 saturated carbocycles. The Morgan fingerprint density at radius 3 is 2.68 bits per heavy atom. The maximum Gasteiger partial charge on any atom is 0.244 e. The van der Waals surface area contributed by atoms with Crippen molar-refractivity contribution in [1.82, 2.24) is 10.2 Å². The van der Waals surface area contributed by atoms with Crippen LogP contribution >= 0.6 is 11.3 Å². The van der Waals surface area contributed by atoms with E-state index < -0.39 is 0 Å². The minimum absolute atomic E-state index is 0.00147. The number of hydrogen-bond acceptors (Lipinski definition) is 3. The van der Waals surface area contributed by atoms with Gasteiger partial charge in [-0.05, 0) is 61.9 Å². The van der Waals surface area contributed by atoms with E-state index in [4.69, 9.17) is 0 Å². The van der Waals surface area contributed by atoms with Gasteiger partial charge in [0, 0.05) is 24.0 Å². The zero-order valence-electron chi connectivity index (χ0n) is 14.8. The summed E-state index contributed by atoms with van der Waals surface area (Å²) in [4.78, 5) is 15.9. The number of thiophene rings is 1. The lowest BCUT2D eigenvalue weighted by Crippen LogP contribution is -2.37. The molecule has 0 atom stereocenters. The molecule has 0 spiro atoms. The predicted octanol–water partition coefficient (Wildman–Crippen LogP) is 4.10. The standard InChI is InChI=1S/C21H26N2OS/c1-17-4-6-18(7-5-17)8-9-21(24)22-15-19-10-12-23(13-11-19)16-20-3-2-14-25-20/h2-9,14,19H,10-13,15-16H2,1H3,(H,22,24)/b9-8+. The first-order valence-electron chi connectivity index (χ1n) is 8.96. The van der Waals surface area contributed by atoms with Crippen molar-refractivity contribution in [2.24, 2.45) is 5.92 Å². The summed E-state index contributed by atoms with van der Waals surface area (Å²) in [7, 11) is 0. The van der Waals surface area contributed by atoms with Crippen molar-refractivity contribution in [3.63, 3.8) is 0 Å². The lowest BCUT2D eigenvalue weighted by Gasteiger charge is -2.31. The zero-order chi connectivity index (χ0) is 17.5. The maximum atomic E-state index is 12.0. The summed E-state index contributed by atoms with van der Waals surface area (Å²) >= 11 is 1.83. The van der Waals surface area contributed by atoms with E-state index in [1.54, 1.807) is 6.08 Å². The van der Waals surface area contributed by atoms with Gasteiger partial charge in [-0.3, -0.25) is 9.69 Å². The van der Waals surface area contributed by atoms with Crippen LogP contribution in [0.25, 0.3) is 6.08 Å². The van der Waals surface area contributed by atoms with Gasteiger partial charge < -0.3 is 5.32 Å². The van der Waals surface area contributed by atoms with Gasteiger partial charge in [0.15, 0.2) is 0 Å². The molecule has 1 aromatic heterocycles. The first-order chi connectivity index (χ1) is 12.2. The molecule has 0 unspecified atom stereocenters. The van der Waals surface area contributed by atoms with Crippen molar-refractivity contribution in [3.05, 3.63) is 63.9 Å². The quantitative estimate of drug-likeness (QED) is 0.792. The van der Waals surface area contributed by atoms with Crippen LogP contribution in [0.4, 0.5) is 0 Å². The van der Waals surface area contributed by atoms with Gasteiger partial charge in [0.2, 0.25) is 5.91 Å². The number of piperidine rings is 1. The van der Waals surface area contributed by atoms with Gasteiger partial charge in [0.05, 0.1) is 0 Å². The van der Waals surface area contributed by atoms with Gasteiger partial charge in [-0.2, -0.15) is 0 Å². The highest BCUT2D eigenvalue weighted by molar-refractivity contribution is 7.09. The lowest BCUT2D eigenvalue weighted by atomic mass is 9.96. The van der Waals surface area contributed by atoms with E-state index in [-0.39, 0.29) is 5.91 Å². The molecule has 1 aliphatic rings. The van der Waals surface area contributed by atoms with Crippen LogP contribution in [-0.2, 0) is 11.3 Å². The van der Waals surface area contributed by atoms with Crippen LogP contribution in [-0.4, -0.2) is 30.4 Å². The molecule has 1 aliphatic heterocycles. The van der Waals surface area contributed by atoms with E-state index in [2.05, 4.69) is 46.8 Å². The Bertz CT molecular complexity index is 683. The summed E-state index contributed by atoms with van der Waals surface area (Å²) in [6, 6.07) is 12.5. The molecule has 0 bridgehead atoms. The second-order valence-corrected chi connectivity index (χ2v) is 7.82. The summed E-state index contributed by atoms with van der Waals surface area (Å²) in [5.41, 5.74) is 2.29. The molecule has 2 heterocycles. The first kappa shape index (κ1) is 17.9. The Morgan fingerprint density at radius 1 is 1.24 bits per heavy atom. The van der Waals surface area contributed by atoms with Gasteiger partial charge in [0.1, 0.15) is 0 Å². The van der Waals surface area contributed by atoms with Crippen LogP contribution in [0.3, 0.4) is 0 Å². The Kier molecular flexibility index (Phi) is 6.42. The molecule has 25 heavy (non-hydrogen) atoms. The summed E-state index contributed by atoms with van der Waals surface area (Å²) in [6.07, 6.45) is 5.83. The molecule has 1 amide bonds. The minimum Gasteiger partial charge on any atom is -0.352 e. The molecule has 0 radical (unpaired) electrons. The Morgan fingerprint density at radius 2 is 2.00 bits per heavy atom. The van der Waals surface area contributed by atoms with Gasteiger partial charge in [-0.25, -0.2) is 0 Å². The largest absolute Gasteiger partial charge is 0.352 e. The van der Waals surface area contributed by atoms with Gasteiger partial charge >= 0.3 is 0 Å². The Balaban J connectivity index is 1.36. The van der Waals surface area contributed by atoms with Gasteiger partial charge in [0.25, 0.3) is 0 Å². The molecule has 1 saturated heterocycles. The third-order valence-corrected chi connectivity index (χ3v) is 5.60. The van der Waals surface area contributed by atoms with E-state index in [0.29, 0.717) is 5.92 Å². The van der Waals surface area contributed by atoms with Crippen molar-refractivity contribution >= 4 is 23.3 Å². The van der Waals surface area contributed by atoms with Crippen LogP contribution < -0.4 is 5.32 Å². The van der Waals surface area contributed by atoms with Crippen LogP contribution in [0.5, 0.6) is 0 Å². The third kappa shape index (κ3) is 5.83. The number of nitrogens with one attached hydrogen (secondary N) is 1. The van der Waals surface area contributed by atoms with E-state index in [9.17, 15) is 4.79 Å². The van der Waals surface area contributed by atoms with E-state index in [1.807, 2.05) is 29.5 Å². The van der Waals surface area contributed by atoms with Crippen molar-refractivity contribution in [2.45, 2.75) is 26.3 Å². The Hall–Kier alpha value is -1.91. The van der Waals surface area contributed by atoms with Gasteiger partial charge in [-0.15, -0.1) is 11.3 Å². The number of carbonyl (C=O) groups is 1. The molecule has 1 aromatic carbocycles. The minimum atomic E-state index is 0.00147. The maximum absolute atomic E-state index is 12.0. The van der Waals surface area contributed by atoms with Crippen molar-refractivity contribution < 1.29 is 4.79 Å². The van der Waals surface area contributed by atoms with Crippen molar-refractivity contribution in [2.75, 3.05) is 19.6 Å². The second-order valence-electron chi connectivity index (χ2n) is 6.79. The highest BCUT2D eigenvalue weighted by atomic mass is 32.1. The molecule has 3 rings (SSSR count). The number of likely N-dealkylation sites (tertiary alicyclic amines) is 1. The summed E-state index contributed by atoms with van der Waals surface area (Å²) < 4.78 is 0. The average molecular weight is 355 g/mol. The molecule has 132 valence electrons. The fraction of sp³-hybridized carbons (Fsp3) is 0.381. The SMILES string of the molecule is Cc1ccc(/C=C/C(=O)NCC2CCN(Cc3cccs3)CC2)cc1. The van der Waals surface area contributed by atoms with Crippen LogP contribution in [0.1, 0.15) is 28.8 Å². The molecule has 2 aromatic rings. The van der Waals surface area contributed by atoms with Crippen molar-refractivity contribution in [3.8, 4) is 0 Å². The molecule has 1 fully saturated rings.